The maximum atomic E-state index is 15.9. The third kappa shape index (κ3) is 3.62. The summed E-state index contributed by atoms with van der Waals surface area (Å²) in [5.74, 6) is 0.557. The van der Waals surface area contributed by atoms with E-state index in [0.717, 1.165) is 81.8 Å². The Bertz CT molecular complexity index is 2780. The second-order valence-corrected chi connectivity index (χ2v) is 14.8. The van der Waals surface area contributed by atoms with Gasteiger partial charge in [-0.05, 0) is 34.0 Å². The Kier molecular flexibility index (Phi) is 5.52. The average Bonchev–Trinajstić information content (AvgIpc) is 3.61. The van der Waals surface area contributed by atoms with E-state index < -0.39 is 7.14 Å². The summed E-state index contributed by atoms with van der Waals surface area (Å²) in [5.41, 5.74) is 6.67. The van der Waals surface area contributed by atoms with Crippen LogP contribution in [0.1, 0.15) is 0 Å². The summed E-state index contributed by atoms with van der Waals surface area (Å²) < 4.78 is 18.1. The minimum absolute atomic E-state index is 0.557. The Morgan fingerprint density at radius 1 is 0.489 bits per heavy atom. The molecule has 1 unspecified atom stereocenters. The van der Waals surface area contributed by atoms with Crippen molar-refractivity contribution in [3.63, 3.8) is 0 Å². The molecular formula is C42H26N3OP. The van der Waals surface area contributed by atoms with Crippen LogP contribution in [0.4, 0.5) is 0 Å². The molecule has 0 N–H and O–H groups in total. The summed E-state index contributed by atoms with van der Waals surface area (Å²) in [6.45, 7) is 0. The fraction of sp³-hybridized carbons (Fsp3) is 0. The predicted molar refractivity (Wildman–Crippen MR) is 195 cm³/mol. The fourth-order valence-electron chi connectivity index (χ4n) is 7.59. The topological polar surface area (TPSA) is 47.8 Å². The lowest BCUT2D eigenvalue weighted by molar-refractivity contribution is 0.593. The standard InChI is InChI=1S/C42H26N3OP/c46-47(28-15-2-1-3-16-28)38-24-11-8-19-31(38)34-26-25-33-30-18-7-10-23-37(30)45(40(33)41(34)47)42-43-36-22-9-6-20-35(36)39(44-42)32-21-12-14-27-13-4-5-17-29(27)32/h1-26H. The Balaban J connectivity index is 1.38. The first-order chi connectivity index (χ1) is 23.2. The Hall–Kier alpha value is -5.83. The number of hydrogen-bond acceptors (Lipinski definition) is 3. The molecule has 47 heavy (non-hydrogen) atoms. The highest BCUT2D eigenvalue weighted by atomic mass is 31.2. The van der Waals surface area contributed by atoms with Crippen LogP contribution < -0.4 is 15.9 Å². The number of aromatic nitrogens is 3. The number of para-hydroxylation sites is 2. The van der Waals surface area contributed by atoms with Crippen molar-refractivity contribution in [2.45, 2.75) is 0 Å². The minimum atomic E-state index is -3.28. The SMILES string of the molecule is O=P1(c2ccccc2)c2ccccc2-c2ccc3c4ccccc4n(-c4nc(-c5cccc6ccccc56)c5ccccc5n4)c3c21. The molecule has 1 aliphatic heterocycles. The van der Waals surface area contributed by atoms with Crippen molar-refractivity contribution < 1.29 is 4.57 Å². The lowest BCUT2D eigenvalue weighted by Gasteiger charge is -2.18. The van der Waals surface area contributed by atoms with Crippen molar-refractivity contribution >= 4 is 66.5 Å². The van der Waals surface area contributed by atoms with Crippen LogP contribution in [-0.4, -0.2) is 14.5 Å². The summed E-state index contributed by atoms with van der Waals surface area (Å²) in [7, 11) is -3.28. The van der Waals surface area contributed by atoms with Crippen LogP contribution in [0.2, 0.25) is 0 Å². The van der Waals surface area contributed by atoms with Crippen LogP contribution >= 0.6 is 7.14 Å². The molecule has 0 saturated heterocycles. The number of hydrogen-bond donors (Lipinski definition) is 0. The van der Waals surface area contributed by atoms with Crippen molar-refractivity contribution in [3.05, 3.63) is 158 Å². The molecule has 9 aromatic rings. The molecule has 4 nitrogen and oxygen atoms in total. The van der Waals surface area contributed by atoms with E-state index in [2.05, 4.69) is 102 Å². The van der Waals surface area contributed by atoms with Crippen molar-refractivity contribution in [1.29, 1.82) is 0 Å². The van der Waals surface area contributed by atoms with Gasteiger partial charge >= 0.3 is 0 Å². The van der Waals surface area contributed by atoms with E-state index in [1.807, 2.05) is 60.7 Å². The number of fused-ring (bicyclic) bond motifs is 9. The molecule has 3 heterocycles. The Morgan fingerprint density at radius 3 is 2.06 bits per heavy atom. The maximum absolute atomic E-state index is 15.9. The van der Waals surface area contributed by atoms with Crippen LogP contribution in [0.25, 0.3) is 71.8 Å². The molecule has 1 atom stereocenters. The normalized spacial score (nSPS) is 15.4. The molecule has 220 valence electrons. The van der Waals surface area contributed by atoms with Gasteiger partial charge in [-0.1, -0.05) is 146 Å². The molecule has 2 aromatic heterocycles. The number of nitrogens with zero attached hydrogens (tertiary/aromatic N) is 3. The molecule has 10 rings (SSSR count). The molecular weight excluding hydrogens is 593 g/mol. The van der Waals surface area contributed by atoms with E-state index in [0.29, 0.717) is 5.95 Å². The number of benzene rings is 7. The molecule has 0 fully saturated rings. The van der Waals surface area contributed by atoms with Gasteiger partial charge in [0.05, 0.1) is 27.5 Å². The molecule has 0 bridgehead atoms. The molecule has 0 saturated carbocycles. The van der Waals surface area contributed by atoms with Crippen LogP contribution in [0, 0.1) is 0 Å². The van der Waals surface area contributed by atoms with E-state index >= 15 is 4.57 Å². The van der Waals surface area contributed by atoms with Gasteiger partial charge in [0.1, 0.15) is 0 Å². The zero-order chi connectivity index (χ0) is 31.1. The van der Waals surface area contributed by atoms with Gasteiger partial charge in [0.15, 0.2) is 7.14 Å². The third-order valence-corrected chi connectivity index (χ3v) is 12.8. The number of rotatable bonds is 3. The summed E-state index contributed by atoms with van der Waals surface area (Å²) >= 11 is 0. The first-order valence-electron chi connectivity index (χ1n) is 15.8. The van der Waals surface area contributed by atoms with Gasteiger partial charge in [0.25, 0.3) is 0 Å². The van der Waals surface area contributed by atoms with E-state index in [4.69, 9.17) is 9.97 Å². The van der Waals surface area contributed by atoms with Crippen LogP contribution in [0.5, 0.6) is 0 Å². The van der Waals surface area contributed by atoms with Crippen molar-refractivity contribution in [2.24, 2.45) is 0 Å². The molecule has 0 radical (unpaired) electrons. The van der Waals surface area contributed by atoms with E-state index in [-0.39, 0.29) is 0 Å². The van der Waals surface area contributed by atoms with Crippen LogP contribution in [0.3, 0.4) is 0 Å². The smallest absolute Gasteiger partial charge is 0.235 e. The largest absolute Gasteiger partial charge is 0.309 e. The van der Waals surface area contributed by atoms with Gasteiger partial charge in [-0.3, -0.25) is 4.57 Å². The summed E-state index contributed by atoms with van der Waals surface area (Å²) in [6, 6.07) is 53.8. The highest BCUT2D eigenvalue weighted by Crippen LogP contribution is 2.54. The van der Waals surface area contributed by atoms with Crippen LogP contribution in [-0.2, 0) is 4.57 Å². The van der Waals surface area contributed by atoms with E-state index in [1.54, 1.807) is 0 Å². The van der Waals surface area contributed by atoms with Gasteiger partial charge in [0, 0.05) is 32.3 Å². The van der Waals surface area contributed by atoms with Crippen molar-refractivity contribution in [1.82, 2.24) is 14.5 Å². The monoisotopic (exact) mass is 619 g/mol. The lowest BCUT2D eigenvalue weighted by Crippen LogP contribution is -2.22. The molecule has 0 spiro atoms. The van der Waals surface area contributed by atoms with Gasteiger partial charge in [0.2, 0.25) is 5.95 Å². The fourth-order valence-corrected chi connectivity index (χ4v) is 10.8. The average molecular weight is 620 g/mol. The first kappa shape index (κ1) is 26.4. The Labute approximate surface area is 271 Å². The third-order valence-electron chi connectivity index (χ3n) is 9.61. The maximum Gasteiger partial charge on any atom is 0.235 e. The first-order valence-corrected chi connectivity index (χ1v) is 17.5. The van der Waals surface area contributed by atoms with Gasteiger partial charge in [-0.2, -0.15) is 0 Å². The summed E-state index contributed by atoms with van der Waals surface area (Å²) in [6.07, 6.45) is 0. The predicted octanol–water partition coefficient (Wildman–Crippen LogP) is 9.17. The highest BCUT2D eigenvalue weighted by molar-refractivity contribution is 7.86. The molecule has 1 aliphatic rings. The zero-order valence-corrected chi connectivity index (χ0v) is 26.1. The lowest BCUT2D eigenvalue weighted by atomic mass is 9.99. The second-order valence-electron chi connectivity index (χ2n) is 12.1. The molecule has 0 amide bonds. The zero-order valence-electron chi connectivity index (χ0n) is 25.2. The second kappa shape index (κ2) is 9.83. The highest BCUT2D eigenvalue weighted by Gasteiger charge is 2.43. The van der Waals surface area contributed by atoms with E-state index in [9.17, 15) is 0 Å². The molecule has 7 aromatic carbocycles. The quantitative estimate of drug-likeness (QED) is 0.185. The molecule has 0 aliphatic carbocycles. The van der Waals surface area contributed by atoms with Gasteiger partial charge in [-0.15, -0.1) is 0 Å². The van der Waals surface area contributed by atoms with E-state index in [1.165, 1.54) is 0 Å². The summed E-state index contributed by atoms with van der Waals surface area (Å²) in [4.78, 5) is 10.7. The minimum Gasteiger partial charge on any atom is -0.309 e. The van der Waals surface area contributed by atoms with Crippen LogP contribution in [0.15, 0.2) is 158 Å². The van der Waals surface area contributed by atoms with Crippen molar-refractivity contribution in [3.8, 4) is 28.3 Å². The molecule has 5 heteroatoms. The summed E-state index contributed by atoms with van der Waals surface area (Å²) in [5, 5.41) is 7.94. The Morgan fingerprint density at radius 2 is 1.17 bits per heavy atom. The van der Waals surface area contributed by atoms with Gasteiger partial charge in [-0.25, -0.2) is 9.97 Å². The van der Waals surface area contributed by atoms with Crippen molar-refractivity contribution in [2.75, 3.05) is 0 Å². The van der Waals surface area contributed by atoms with Gasteiger partial charge < -0.3 is 4.57 Å².